The summed E-state index contributed by atoms with van der Waals surface area (Å²) in [4.78, 5) is 24.4. The molecule has 0 aliphatic rings. The van der Waals surface area contributed by atoms with E-state index in [0.29, 0.717) is 25.2 Å². The maximum Gasteiger partial charge on any atom is 0.222 e. The van der Waals surface area contributed by atoms with Crippen LogP contribution in [0.2, 0.25) is 0 Å². The summed E-state index contributed by atoms with van der Waals surface area (Å²) >= 11 is 0. The van der Waals surface area contributed by atoms with Crippen molar-refractivity contribution in [1.82, 2.24) is 30.0 Å². The van der Waals surface area contributed by atoms with Crippen LogP contribution in [0.25, 0.3) is 11.0 Å². The van der Waals surface area contributed by atoms with Gasteiger partial charge in [-0.2, -0.15) is 5.10 Å². The zero-order chi connectivity index (χ0) is 17.5. The third kappa shape index (κ3) is 4.89. The van der Waals surface area contributed by atoms with Crippen molar-refractivity contribution in [1.29, 1.82) is 0 Å². The first-order valence-electron chi connectivity index (χ1n) is 8.27. The fourth-order valence-corrected chi connectivity index (χ4v) is 2.49. The fourth-order valence-electron chi connectivity index (χ4n) is 2.49. The first-order valence-corrected chi connectivity index (χ1v) is 8.27. The summed E-state index contributed by atoms with van der Waals surface area (Å²) in [5.74, 6) is 0.931. The van der Waals surface area contributed by atoms with Gasteiger partial charge >= 0.3 is 0 Å². The van der Waals surface area contributed by atoms with Gasteiger partial charge in [0.05, 0.1) is 5.39 Å². The molecule has 8 heteroatoms. The van der Waals surface area contributed by atoms with E-state index in [-0.39, 0.29) is 5.91 Å². The van der Waals surface area contributed by atoms with Crippen LogP contribution in [-0.4, -0.2) is 76.6 Å². The van der Waals surface area contributed by atoms with Gasteiger partial charge in [-0.15, -0.1) is 0 Å². The van der Waals surface area contributed by atoms with Crippen LogP contribution in [-0.2, 0) is 4.79 Å². The molecule has 1 amide bonds. The van der Waals surface area contributed by atoms with Gasteiger partial charge < -0.3 is 15.1 Å². The zero-order valence-corrected chi connectivity index (χ0v) is 15.0. The molecule has 2 N–H and O–H groups in total. The standard InChI is InChI=1S/C16H27N7O/c1-12-14-15(18-11-19-16(14)21-20-12)17-8-10-23(4)13(24)7-5-6-9-22(2)3/h11H,5-10H2,1-4H3,(H2,17,18,19,20,21). The third-order valence-electron chi connectivity index (χ3n) is 3.94. The van der Waals surface area contributed by atoms with Crippen LogP contribution in [0, 0.1) is 6.92 Å². The van der Waals surface area contributed by atoms with E-state index in [0.717, 1.165) is 36.3 Å². The molecule has 24 heavy (non-hydrogen) atoms. The number of carbonyl (C=O) groups excluding carboxylic acids is 1. The van der Waals surface area contributed by atoms with Crippen molar-refractivity contribution in [3.63, 3.8) is 0 Å². The van der Waals surface area contributed by atoms with E-state index in [1.54, 1.807) is 4.90 Å². The van der Waals surface area contributed by atoms with Crippen molar-refractivity contribution in [2.24, 2.45) is 0 Å². The van der Waals surface area contributed by atoms with E-state index in [2.05, 4.69) is 30.4 Å². The van der Waals surface area contributed by atoms with Crippen LogP contribution in [0.1, 0.15) is 25.0 Å². The maximum absolute atomic E-state index is 12.1. The highest BCUT2D eigenvalue weighted by atomic mass is 16.2. The number of aromatic amines is 1. The highest BCUT2D eigenvalue weighted by Crippen LogP contribution is 2.19. The third-order valence-corrected chi connectivity index (χ3v) is 3.94. The lowest BCUT2D eigenvalue weighted by molar-refractivity contribution is -0.129. The van der Waals surface area contributed by atoms with Crippen molar-refractivity contribution >= 4 is 22.8 Å². The largest absolute Gasteiger partial charge is 0.368 e. The lowest BCUT2D eigenvalue weighted by Gasteiger charge is -2.18. The van der Waals surface area contributed by atoms with Gasteiger partial charge in [0.25, 0.3) is 0 Å². The lowest BCUT2D eigenvalue weighted by Crippen LogP contribution is -2.31. The minimum atomic E-state index is 0.183. The molecule has 2 aromatic rings. The molecule has 0 fully saturated rings. The van der Waals surface area contributed by atoms with Gasteiger partial charge in [0.1, 0.15) is 12.1 Å². The Kier molecular flexibility index (Phi) is 6.48. The monoisotopic (exact) mass is 333 g/mol. The van der Waals surface area contributed by atoms with Crippen molar-refractivity contribution in [3.8, 4) is 0 Å². The molecule has 8 nitrogen and oxygen atoms in total. The second-order valence-corrected chi connectivity index (χ2v) is 6.27. The van der Waals surface area contributed by atoms with E-state index < -0.39 is 0 Å². The van der Waals surface area contributed by atoms with Crippen LogP contribution in [0.4, 0.5) is 5.82 Å². The maximum atomic E-state index is 12.1. The number of likely N-dealkylation sites (N-methyl/N-ethyl adjacent to an activating group) is 1. The Labute approximate surface area is 142 Å². The Morgan fingerprint density at radius 3 is 2.75 bits per heavy atom. The van der Waals surface area contributed by atoms with Gasteiger partial charge in [-0.25, -0.2) is 9.97 Å². The highest BCUT2D eigenvalue weighted by Gasteiger charge is 2.11. The lowest BCUT2D eigenvalue weighted by atomic mass is 10.2. The molecule has 0 radical (unpaired) electrons. The topological polar surface area (TPSA) is 90.0 Å². The number of aromatic nitrogens is 4. The predicted octanol–water partition coefficient (Wildman–Crippen LogP) is 1.26. The predicted molar refractivity (Wildman–Crippen MR) is 95.0 cm³/mol. The van der Waals surface area contributed by atoms with Gasteiger partial charge in [-0.3, -0.25) is 9.89 Å². The van der Waals surface area contributed by atoms with Crippen LogP contribution >= 0.6 is 0 Å². The molecule has 0 atom stereocenters. The van der Waals surface area contributed by atoms with Crippen molar-refractivity contribution < 1.29 is 4.79 Å². The Balaban J connectivity index is 1.76. The molecule has 0 saturated carbocycles. The quantitative estimate of drug-likeness (QED) is 0.672. The molecule has 0 aromatic carbocycles. The summed E-state index contributed by atoms with van der Waals surface area (Å²) < 4.78 is 0. The number of nitrogens with zero attached hydrogens (tertiary/aromatic N) is 5. The Hall–Kier alpha value is -2.22. The minimum absolute atomic E-state index is 0.183. The average Bonchev–Trinajstić information content (AvgIpc) is 2.93. The van der Waals surface area contributed by atoms with Gasteiger partial charge in [0.15, 0.2) is 5.65 Å². The summed E-state index contributed by atoms with van der Waals surface area (Å²) in [5.41, 5.74) is 1.58. The van der Waals surface area contributed by atoms with Crippen LogP contribution in [0.5, 0.6) is 0 Å². The molecule has 2 rings (SSSR count). The molecule has 132 valence electrons. The first-order chi connectivity index (χ1) is 11.5. The SMILES string of the molecule is Cc1[nH]nc2ncnc(NCCN(C)C(=O)CCCCN(C)C)c12. The van der Waals surface area contributed by atoms with Crippen molar-refractivity contribution in [3.05, 3.63) is 12.0 Å². The normalized spacial score (nSPS) is 11.2. The summed E-state index contributed by atoms with van der Waals surface area (Å²) in [6.07, 6.45) is 4.06. The highest BCUT2D eigenvalue weighted by molar-refractivity contribution is 5.88. The zero-order valence-electron chi connectivity index (χ0n) is 15.0. The Morgan fingerprint density at radius 1 is 1.21 bits per heavy atom. The Bertz CT molecular complexity index is 667. The second kappa shape index (κ2) is 8.58. The van der Waals surface area contributed by atoms with E-state index in [1.165, 1.54) is 6.33 Å². The number of rotatable bonds is 9. The number of unbranched alkanes of at least 4 members (excludes halogenated alkanes) is 1. The molecular formula is C16H27N7O. The van der Waals surface area contributed by atoms with Gasteiger partial charge in [0.2, 0.25) is 5.91 Å². The van der Waals surface area contributed by atoms with E-state index in [9.17, 15) is 4.79 Å². The fraction of sp³-hybridized carbons (Fsp3) is 0.625. The van der Waals surface area contributed by atoms with Gasteiger partial charge in [0, 0.05) is 32.3 Å². The molecule has 0 bridgehead atoms. The van der Waals surface area contributed by atoms with Gasteiger partial charge in [-0.05, 0) is 40.4 Å². The summed E-state index contributed by atoms with van der Waals surface area (Å²) in [5, 5.41) is 11.2. The molecule has 0 saturated heterocycles. The molecule has 0 aliphatic carbocycles. The number of hydrogen-bond acceptors (Lipinski definition) is 6. The number of anilines is 1. The van der Waals surface area contributed by atoms with E-state index >= 15 is 0 Å². The first kappa shape index (κ1) is 18.1. The molecule has 0 unspecified atom stereocenters. The van der Waals surface area contributed by atoms with Crippen LogP contribution in [0.3, 0.4) is 0 Å². The van der Waals surface area contributed by atoms with E-state index in [1.807, 2.05) is 28.1 Å². The number of nitrogens with one attached hydrogen (secondary N) is 2. The number of hydrogen-bond donors (Lipinski definition) is 2. The smallest absolute Gasteiger partial charge is 0.222 e. The molecule has 2 aromatic heterocycles. The van der Waals surface area contributed by atoms with Crippen LogP contribution < -0.4 is 5.32 Å². The molecule has 2 heterocycles. The minimum Gasteiger partial charge on any atom is -0.368 e. The summed E-state index contributed by atoms with van der Waals surface area (Å²) in [6.45, 7) is 4.23. The van der Waals surface area contributed by atoms with Crippen molar-refractivity contribution in [2.75, 3.05) is 46.1 Å². The summed E-state index contributed by atoms with van der Waals surface area (Å²) in [7, 11) is 5.94. The number of aryl methyl sites for hydroxylation is 1. The van der Waals surface area contributed by atoms with Crippen LogP contribution in [0.15, 0.2) is 6.33 Å². The van der Waals surface area contributed by atoms with Gasteiger partial charge in [-0.1, -0.05) is 0 Å². The van der Waals surface area contributed by atoms with Crippen molar-refractivity contribution in [2.45, 2.75) is 26.2 Å². The molecular weight excluding hydrogens is 306 g/mol. The number of carbonyl (C=O) groups is 1. The molecule has 0 spiro atoms. The Morgan fingerprint density at radius 2 is 2.00 bits per heavy atom. The molecule has 0 aliphatic heterocycles. The number of H-pyrrole nitrogens is 1. The average molecular weight is 333 g/mol. The van der Waals surface area contributed by atoms with E-state index in [4.69, 9.17) is 0 Å². The number of fused-ring (bicyclic) bond motifs is 1. The second-order valence-electron chi connectivity index (χ2n) is 6.27. The summed E-state index contributed by atoms with van der Waals surface area (Å²) in [6, 6.07) is 0. The number of amides is 1.